The average molecular weight is 213 g/mol. The van der Waals surface area contributed by atoms with Gasteiger partial charge in [-0.2, -0.15) is 0 Å². The lowest BCUT2D eigenvalue weighted by atomic mass is 9.96. The van der Waals surface area contributed by atoms with Gasteiger partial charge in [0.05, 0.1) is 0 Å². The highest BCUT2D eigenvalue weighted by Gasteiger charge is 2.12. The van der Waals surface area contributed by atoms with Crippen LogP contribution in [0.4, 0.5) is 5.69 Å². The molecule has 0 spiro atoms. The first-order valence-corrected chi connectivity index (χ1v) is 6.06. The Morgan fingerprint density at radius 1 is 1.12 bits per heavy atom. The zero-order valence-corrected chi connectivity index (χ0v) is 9.50. The molecule has 1 aromatic carbocycles. The van der Waals surface area contributed by atoms with Crippen LogP contribution >= 0.6 is 0 Å². The molecular weight excluding hydrogens is 196 g/mol. The molecule has 0 saturated carbocycles. The minimum absolute atomic E-state index is 0.983. The molecule has 1 fully saturated rings. The first-order valence-electron chi connectivity index (χ1n) is 6.06. The second kappa shape index (κ2) is 4.30. The Morgan fingerprint density at radius 2 is 2.00 bits per heavy atom. The fourth-order valence-electron chi connectivity index (χ4n) is 2.46. The maximum absolute atomic E-state index is 3.39. The van der Waals surface area contributed by atoms with Crippen LogP contribution in [0.2, 0.25) is 0 Å². The van der Waals surface area contributed by atoms with E-state index in [1.165, 1.54) is 16.8 Å². The summed E-state index contributed by atoms with van der Waals surface area (Å²) in [5.41, 5.74) is 4.31. The Kier molecular flexibility index (Phi) is 2.66. The number of nitrogens with zero attached hydrogens (tertiary/aromatic N) is 1. The molecular formula is C14H17N2. The van der Waals surface area contributed by atoms with E-state index in [1.807, 2.05) is 0 Å². The molecule has 0 atom stereocenters. The molecule has 16 heavy (non-hydrogen) atoms. The highest BCUT2D eigenvalue weighted by atomic mass is 15.2. The van der Waals surface area contributed by atoms with E-state index in [0.29, 0.717) is 0 Å². The van der Waals surface area contributed by atoms with Crippen LogP contribution in [0.15, 0.2) is 24.3 Å². The number of piperazine rings is 1. The van der Waals surface area contributed by atoms with Gasteiger partial charge in [0.15, 0.2) is 0 Å². The van der Waals surface area contributed by atoms with Crippen LogP contribution in [0, 0.1) is 6.08 Å². The fraction of sp³-hybridized carbons (Fsp3) is 0.429. The maximum atomic E-state index is 3.39. The summed E-state index contributed by atoms with van der Waals surface area (Å²) in [6.45, 7) is 4.46. The van der Waals surface area contributed by atoms with Gasteiger partial charge in [-0.15, -0.1) is 0 Å². The SMILES string of the molecule is [C]1=CCc2cc(N3CCNCC3)ccc2C1. The molecule has 0 bridgehead atoms. The number of rotatable bonds is 1. The van der Waals surface area contributed by atoms with Crippen LogP contribution < -0.4 is 10.2 Å². The van der Waals surface area contributed by atoms with Gasteiger partial charge in [0.25, 0.3) is 0 Å². The van der Waals surface area contributed by atoms with Crippen molar-refractivity contribution in [2.75, 3.05) is 31.1 Å². The molecule has 1 aliphatic carbocycles. The number of fused-ring (bicyclic) bond motifs is 1. The number of hydrogen-bond donors (Lipinski definition) is 1. The maximum Gasteiger partial charge on any atom is 0.0370 e. The molecule has 83 valence electrons. The lowest BCUT2D eigenvalue weighted by Gasteiger charge is -2.30. The molecule has 1 saturated heterocycles. The van der Waals surface area contributed by atoms with E-state index in [4.69, 9.17) is 0 Å². The van der Waals surface area contributed by atoms with Crippen molar-refractivity contribution in [3.05, 3.63) is 41.5 Å². The molecule has 0 aromatic heterocycles. The highest BCUT2D eigenvalue weighted by Crippen LogP contribution is 2.23. The number of benzene rings is 1. The molecule has 1 heterocycles. The predicted octanol–water partition coefficient (Wildman–Crippen LogP) is 1.55. The standard InChI is InChI=1S/C14H17N2/c1-2-4-13-11-14(6-5-12(13)3-1)16-9-7-15-8-10-16/h2,5-6,11,15H,3-4,7-10H2. The van der Waals surface area contributed by atoms with Crippen molar-refractivity contribution in [2.45, 2.75) is 12.8 Å². The van der Waals surface area contributed by atoms with Crippen LogP contribution in [0.5, 0.6) is 0 Å². The van der Waals surface area contributed by atoms with Crippen molar-refractivity contribution in [2.24, 2.45) is 0 Å². The first-order chi connectivity index (χ1) is 7.93. The average Bonchev–Trinajstić information content (AvgIpc) is 2.39. The van der Waals surface area contributed by atoms with Gasteiger partial charge in [-0.1, -0.05) is 12.1 Å². The predicted molar refractivity (Wildman–Crippen MR) is 66.7 cm³/mol. The van der Waals surface area contributed by atoms with E-state index in [9.17, 15) is 0 Å². The summed E-state index contributed by atoms with van der Waals surface area (Å²) in [5, 5.41) is 3.39. The van der Waals surface area contributed by atoms with Crippen molar-refractivity contribution in [1.29, 1.82) is 0 Å². The Bertz CT molecular complexity index is 403. The van der Waals surface area contributed by atoms with Gasteiger partial charge in [0, 0.05) is 31.9 Å². The van der Waals surface area contributed by atoms with Crippen molar-refractivity contribution in [1.82, 2.24) is 5.32 Å². The fourth-order valence-corrected chi connectivity index (χ4v) is 2.46. The summed E-state index contributed by atoms with van der Waals surface area (Å²) in [4.78, 5) is 2.47. The van der Waals surface area contributed by atoms with Crippen LogP contribution in [0.1, 0.15) is 11.1 Å². The third-order valence-corrected chi connectivity index (χ3v) is 3.43. The largest absolute Gasteiger partial charge is 0.369 e. The smallest absolute Gasteiger partial charge is 0.0370 e. The molecule has 3 rings (SSSR count). The van der Waals surface area contributed by atoms with Crippen LogP contribution in [-0.4, -0.2) is 26.2 Å². The monoisotopic (exact) mass is 213 g/mol. The number of hydrogen-bond acceptors (Lipinski definition) is 2. The number of anilines is 1. The van der Waals surface area contributed by atoms with Crippen molar-refractivity contribution < 1.29 is 0 Å². The topological polar surface area (TPSA) is 15.3 Å². The second-order valence-electron chi connectivity index (χ2n) is 4.48. The van der Waals surface area contributed by atoms with Gasteiger partial charge >= 0.3 is 0 Å². The molecule has 1 aliphatic heterocycles. The Balaban J connectivity index is 1.85. The summed E-state index contributed by atoms with van der Waals surface area (Å²) in [6.07, 6.45) is 7.48. The highest BCUT2D eigenvalue weighted by molar-refractivity contribution is 5.52. The summed E-state index contributed by atoms with van der Waals surface area (Å²) in [5.74, 6) is 0. The summed E-state index contributed by atoms with van der Waals surface area (Å²) in [6, 6.07) is 6.89. The van der Waals surface area contributed by atoms with Gasteiger partial charge in [0.1, 0.15) is 0 Å². The second-order valence-corrected chi connectivity index (χ2v) is 4.48. The summed E-state index contributed by atoms with van der Waals surface area (Å²) >= 11 is 0. The Morgan fingerprint density at radius 3 is 2.88 bits per heavy atom. The Hall–Kier alpha value is -1.28. The van der Waals surface area contributed by atoms with Gasteiger partial charge in [-0.3, -0.25) is 0 Å². The molecule has 1 aromatic rings. The molecule has 2 aliphatic rings. The van der Waals surface area contributed by atoms with E-state index in [0.717, 1.165) is 39.0 Å². The van der Waals surface area contributed by atoms with Crippen LogP contribution in [-0.2, 0) is 12.8 Å². The van der Waals surface area contributed by atoms with Gasteiger partial charge < -0.3 is 10.2 Å². The van der Waals surface area contributed by atoms with E-state index in [1.54, 1.807) is 0 Å². The summed E-state index contributed by atoms with van der Waals surface area (Å²) < 4.78 is 0. The van der Waals surface area contributed by atoms with Gasteiger partial charge in [-0.05, 0) is 42.2 Å². The zero-order valence-electron chi connectivity index (χ0n) is 9.50. The molecule has 1 N–H and O–H groups in total. The normalized spacial score (nSPS) is 19.6. The first kappa shape index (κ1) is 9.91. The van der Waals surface area contributed by atoms with E-state index in [-0.39, 0.29) is 0 Å². The van der Waals surface area contributed by atoms with Crippen molar-refractivity contribution >= 4 is 5.69 Å². The van der Waals surface area contributed by atoms with E-state index >= 15 is 0 Å². The Labute approximate surface area is 97.0 Å². The molecule has 2 nitrogen and oxygen atoms in total. The zero-order chi connectivity index (χ0) is 10.8. The summed E-state index contributed by atoms with van der Waals surface area (Å²) in [7, 11) is 0. The lowest BCUT2D eigenvalue weighted by Crippen LogP contribution is -2.43. The minimum atomic E-state index is 0.983. The molecule has 1 radical (unpaired) electrons. The van der Waals surface area contributed by atoms with E-state index < -0.39 is 0 Å². The molecule has 2 heteroatoms. The minimum Gasteiger partial charge on any atom is -0.369 e. The third kappa shape index (κ3) is 1.85. The molecule has 0 amide bonds. The van der Waals surface area contributed by atoms with Crippen molar-refractivity contribution in [3.8, 4) is 0 Å². The number of allylic oxidation sites excluding steroid dienone is 2. The van der Waals surface area contributed by atoms with Crippen LogP contribution in [0.25, 0.3) is 0 Å². The van der Waals surface area contributed by atoms with Crippen LogP contribution in [0.3, 0.4) is 0 Å². The van der Waals surface area contributed by atoms with E-state index in [2.05, 4.69) is 40.6 Å². The lowest BCUT2D eigenvalue weighted by molar-refractivity contribution is 0.589. The van der Waals surface area contributed by atoms with Gasteiger partial charge in [-0.25, -0.2) is 0 Å². The molecule has 0 unspecified atom stereocenters. The van der Waals surface area contributed by atoms with Crippen molar-refractivity contribution in [3.63, 3.8) is 0 Å². The third-order valence-electron chi connectivity index (χ3n) is 3.43. The quantitative estimate of drug-likeness (QED) is 0.761. The van der Waals surface area contributed by atoms with Gasteiger partial charge in [0.2, 0.25) is 0 Å². The number of nitrogens with one attached hydrogen (secondary N) is 1.